The van der Waals surface area contributed by atoms with Gasteiger partial charge in [-0.15, -0.1) is 0 Å². The fraction of sp³-hybridized carbons (Fsp3) is 0.152. The Morgan fingerprint density at radius 1 is 0.925 bits per heavy atom. The molecule has 6 nitrogen and oxygen atoms in total. The molecule has 1 aromatic heterocycles. The van der Waals surface area contributed by atoms with Gasteiger partial charge in [0.2, 0.25) is 5.89 Å². The van der Waals surface area contributed by atoms with Crippen LogP contribution in [-0.4, -0.2) is 22.7 Å². The summed E-state index contributed by atoms with van der Waals surface area (Å²) in [4.78, 5) is 18.4. The summed E-state index contributed by atoms with van der Waals surface area (Å²) >= 11 is 0. The third kappa shape index (κ3) is 6.04. The Morgan fingerprint density at radius 2 is 1.62 bits per heavy atom. The van der Waals surface area contributed by atoms with E-state index >= 15 is 0 Å². The van der Waals surface area contributed by atoms with Gasteiger partial charge in [0.1, 0.15) is 17.3 Å². The quantitative estimate of drug-likeness (QED) is 0.197. The average molecular weight is 537 g/mol. The second-order valence-electron chi connectivity index (χ2n) is 9.46. The molecule has 0 saturated heterocycles. The number of rotatable bonds is 10. The molecule has 40 heavy (non-hydrogen) atoms. The molecule has 0 aliphatic carbocycles. The molecule has 1 heterocycles. The Bertz CT molecular complexity index is 1610. The maximum Gasteiger partial charge on any atom is 0.336 e. The van der Waals surface area contributed by atoms with Crippen molar-refractivity contribution in [3.05, 3.63) is 131 Å². The number of benzene rings is 4. The van der Waals surface area contributed by atoms with Crippen molar-refractivity contribution in [2.24, 2.45) is 0 Å². The van der Waals surface area contributed by atoms with Gasteiger partial charge in [-0.2, -0.15) is 0 Å². The van der Waals surface area contributed by atoms with Crippen LogP contribution < -0.4 is 9.64 Å². The van der Waals surface area contributed by atoms with Crippen molar-refractivity contribution < 1.29 is 23.4 Å². The van der Waals surface area contributed by atoms with Crippen LogP contribution in [0.3, 0.4) is 0 Å². The van der Waals surface area contributed by atoms with E-state index in [9.17, 15) is 14.3 Å². The standard InChI is InChI=1S/C33H29FN2O4/c1-22-20-27(14-17-30(22)34)36(21-25-10-6-7-11-29(25)33(37)38)26-12-15-28(16-13-26)39-19-18-31-23(2)40-32(35-31)24-8-4-3-5-9-24/h3-17,20H,18-19,21H2,1-2H3,(H,37,38). The number of carbonyl (C=O) groups is 1. The van der Waals surface area contributed by atoms with Gasteiger partial charge < -0.3 is 19.2 Å². The van der Waals surface area contributed by atoms with Crippen molar-refractivity contribution in [3.8, 4) is 17.2 Å². The third-order valence-electron chi connectivity index (χ3n) is 6.70. The Hall–Kier alpha value is -4.91. The zero-order valence-electron chi connectivity index (χ0n) is 22.3. The number of hydrogen-bond acceptors (Lipinski definition) is 5. The van der Waals surface area contributed by atoms with Crippen LogP contribution in [0.25, 0.3) is 11.5 Å². The van der Waals surface area contributed by atoms with Crippen molar-refractivity contribution in [2.45, 2.75) is 26.8 Å². The molecule has 0 amide bonds. The first-order chi connectivity index (χ1) is 19.4. The van der Waals surface area contributed by atoms with Crippen LogP contribution >= 0.6 is 0 Å². The van der Waals surface area contributed by atoms with Crippen LogP contribution in [0.4, 0.5) is 15.8 Å². The van der Waals surface area contributed by atoms with Gasteiger partial charge in [-0.3, -0.25) is 0 Å². The summed E-state index contributed by atoms with van der Waals surface area (Å²) in [5, 5.41) is 9.68. The average Bonchev–Trinajstić information content (AvgIpc) is 3.34. The number of aromatic carboxylic acids is 1. The summed E-state index contributed by atoms with van der Waals surface area (Å²) in [6.07, 6.45) is 0.594. The van der Waals surface area contributed by atoms with Gasteiger partial charge in [-0.25, -0.2) is 14.2 Å². The molecule has 202 valence electrons. The number of oxazole rings is 1. The molecule has 0 bridgehead atoms. The first-order valence-electron chi connectivity index (χ1n) is 13.0. The minimum Gasteiger partial charge on any atom is -0.493 e. The topological polar surface area (TPSA) is 75.8 Å². The van der Waals surface area contributed by atoms with Crippen LogP contribution in [0.2, 0.25) is 0 Å². The highest BCUT2D eigenvalue weighted by Gasteiger charge is 2.17. The zero-order valence-corrected chi connectivity index (χ0v) is 22.3. The minimum atomic E-state index is -0.993. The molecule has 0 unspecified atom stereocenters. The van der Waals surface area contributed by atoms with E-state index in [4.69, 9.17) is 9.15 Å². The Labute approximate surface area is 232 Å². The highest BCUT2D eigenvalue weighted by atomic mass is 19.1. The van der Waals surface area contributed by atoms with Gasteiger partial charge in [0, 0.05) is 29.9 Å². The zero-order chi connectivity index (χ0) is 28.1. The summed E-state index contributed by atoms with van der Waals surface area (Å²) in [6.45, 7) is 4.33. The van der Waals surface area contributed by atoms with Crippen LogP contribution in [0.15, 0.2) is 101 Å². The van der Waals surface area contributed by atoms with Crippen molar-refractivity contribution in [2.75, 3.05) is 11.5 Å². The summed E-state index contributed by atoms with van der Waals surface area (Å²) in [5.74, 6) is 0.765. The van der Waals surface area contributed by atoms with E-state index < -0.39 is 5.97 Å². The molecule has 0 aliphatic rings. The largest absolute Gasteiger partial charge is 0.493 e. The molecule has 4 aromatic carbocycles. The maximum atomic E-state index is 14.0. The molecular formula is C33H29FN2O4. The lowest BCUT2D eigenvalue weighted by atomic mass is 10.1. The van der Waals surface area contributed by atoms with Gasteiger partial charge in [0.05, 0.1) is 17.9 Å². The highest BCUT2D eigenvalue weighted by Crippen LogP contribution is 2.31. The van der Waals surface area contributed by atoms with E-state index in [2.05, 4.69) is 4.98 Å². The number of aromatic nitrogens is 1. The second-order valence-corrected chi connectivity index (χ2v) is 9.46. The maximum absolute atomic E-state index is 14.0. The number of hydrogen-bond donors (Lipinski definition) is 1. The summed E-state index contributed by atoms with van der Waals surface area (Å²) in [5.41, 5.74) is 4.74. The molecule has 0 fully saturated rings. The van der Waals surface area contributed by atoms with Gasteiger partial charge >= 0.3 is 5.97 Å². The number of nitrogens with zero attached hydrogens (tertiary/aromatic N) is 2. The third-order valence-corrected chi connectivity index (χ3v) is 6.70. The molecule has 5 rings (SSSR count). The Morgan fingerprint density at radius 3 is 2.35 bits per heavy atom. The predicted octanol–water partition coefficient (Wildman–Crippen LogP) is 7.76. The van der Waals surface area contributed by atoms with E-state index in [1.54, 1.807) is 37.3 Å². The number of anilines is 2. The van der Waals surface area contributed by atoms with E-state index in [-0.39, 0.29) is 11.4 Å². The SMILES string of the molecule is Cc1cc(N(Cc2ccccc2C(=O)O)c2ccc(OCCc3nc(-c4ccccc4)oc3C)cc2)ccc1F. The van der Waals surface area contributed by atoms with Crippen LogP contribution in [0.5, 0.6) is 5.75 Å². The first-order valence-corrected chi connectivity index (χ1v) is 13.0. The molecule has 0 aliphatic heterocycles. The summed E-state index contributed by atoms with van der Waals surface area (Å²) < 4.78 is 25.9. The van der Waals surface area contributed by atoms with Crippen molar-refractivity contribution in [1.29, 1.82) is 0 Å². The smallest absolute Gasteiger partial charge is 0.336 e. The fourth-order valence-corrected chi connectivity index (χ4v) is 4.52. The van der Waals surface area contributed by atoms with Gasteiger partial charge in [-0.1, -0.05) is 36.4 Å². The molecule has 0 saturated carbocycles. The normalized spacial score (nSPS) is 10.9. The minimum absolute atomic E-state index is 0.227. The van der Waals surface area contributed by atoms with E-state index in [1.807, 2.05) is 72.5 Å². The monoisotopic (exact) mass is 536 g/mol. The number of carboxylic acid groups (broad SMARTS) is 1. The molecule has 1 N–H and O–H groups in total. The lowest BCUT2D eigenvalue weighted by molar-refractivity contribution is 0.0695. The second kappa shape index (κ2) is 11.9. The Balaban J connectivity index is 1.32. The van der Waals surface area contributed by atoms with E-state index in [0.717, 1.165) is 28.4 Å². The fourth-order valence-electron chi connectivity index (χ4n) is 4.52. The lowest BCUT2D eigenvalue weighted by Gasteiger charge is -2.26. The lowest BCUT2D eigenvalue weighted by Crippen LogP contribution is -2.19. The first kappa shape index (κ1) is 26.7. The molecule has 7 heteroatoms. The van der Waals surface area contributed by atoms with E-state index in [1.165, 1.54) is 6.07 Å². The molecule has 5 aromatic rings. The molecule has 0 spiro atoms. The molecule has 0 radical (unpaired) electrons. The molecule has 0 atom stereocenters. The Kier molecular flexibility index (Phi) is 7.92. The van der Waals surface area contributed by atoms with Crippen LogP contribution in [0.1, 0.15) is 32.9 Å². The molecular weight excluding hydrogens is 507 g/mol. The van der Waals surface area contributed by atoms with Crippen molar-refractivity contribution >= 4 is 17.3 Å². The van der Waals surface area contributed by atoms with Crippen molar-refractivity contribution in [3.63, 3.8) is 0 Å². The number of carboxylic acids is 1. The summed E-state index contributed by atoms with van der Waals surface area (Å²) in [6, 6.07) is 29.1. The highest BCUT2D eigenvalue weighted by molar-refractivity contribution is 5.89. The van der Waals surface area contributed by atoms with Gasteiger partial charge in [0.25, 0.3) is 0 Å². The van der Waals surface area contributed by atoms with Crippen LogP contribution in [-0.2, 0) is 13.0 Å². The summed E-state index contributed by atoms with van der Waals surface area (Å²) in [7, 11) is 0. The number of halogens is 1. The predicted molar refractivity (Wildman–Crippen MR) is 153 cm³/mol. The van der Waals surface area contributed by atoms with Gasteiger partial charge in [0.15, 0.2) is 0 Å². The van der Waals surface area contributed by atoms with Gasteiger partial charge in [-0.05, 0) is 85.6 Å². The number of aryl methyl sites for hydroxylation is 2. The number of ether oxygens (including phenoxy) is 1. The van der Waals surface area contributed by atoms with Crippen molar-refractivity contribution in [1.82, 2.24) is 4.98 Å². The van der Waals surface area contributed by atoms with Crippen LogP contribution in [0, 0.1) is 19.7 Å². The van der Waals surface area contributed by atoms with E-state index in [0.29, 0.717) is 42.3 Å².